The smallest absolute Gasteiger partial charge is 0.126 e. The number of benzene rings is 1. The van der Waals surface area contributed by atoms with Crippen molar-refractivity contribution in [2.24, 2.45) is 7.05 Å². The lowest BCUT2D eigenvalue weighted by molar-refractivity contribution is 0.614. The molecule has 0 saturated heterocycles. The molecule has 0 saturated carbocycles. The molecule has 0 unspecified atom stereocenters. The van der Waals surface area contributed by atoms with Gasteiger partial charge in [-0.05, 0) is 23.3 Å². The average Bonchev–Trinajstić information content (AvgIpc) is 2.94. The highest BCUT2D eigenvalue weighted by Crippen LogP contribution is 2.32. The molecular formula is C16H14FNS. The molecule has 2 heterocycles. The van der Waals surface area contributed by atoms with Crippen molar-refractivity contribution < 1.29 is 4.39 Å². The number of thiophene rings is 1. The van der Waals surface area contributed by atoms with Crippen LogP contribution in [0.2, 0.25) is 0 Å². The van der Waals surface area contributed by atoms with Gasteiger partial charge in [0.25, 0.3) is 0 Å². The van der Waals surface area contributed by atoms with Crippen LogP contribution >= 0.6 is 11.3 Å². The van der Waals surface area contributed by atoms with Gasteiger partial charge in [0.2, 0.25) is 0 Å². The molecule has 0 bridgehead atoms. The Hall–Kier alpha value is -1.87. The Bertz CT molecular complexity index is 751. The van der Waals surface area contributed by atoms with Crippen LogP contribution in [0.5, 0.6) is 0 Å². The summed E-state index contributed by atoms with van der Waals surface area (Å²) in [6.07, 6.45) is 4.57. The van der Waals surface area contributed by atoms with Gasteiger partial charge in [0, 0.05) is 24.5 Å². The Balaban J connectivity index is 2.08. The number of nitrogens with zero attached hydrogens (tertiary/aromatic N) is 1. The number of halogens is 1. The summed E-state index contributed by atoms with van der Waals surface area (Å²) in [5, 5.41) is 0. The maximum Gasteiger partial charge on any atom is 0.126 e. The number of aromatic nitrogens is 1. The van der Waals surface area contributed by atoms with E-state index in [1.807, 2.05) is 25.3 Å². The third-order valence-electron chi connectivity index (χ3n) is 3.29. The van der Waals surface area contributed by atoms with E-state index >= 15 is 0 Å². The SMILES string of the molecule is C=Cc1cc2c(s1)c(Cc1ccccc1F)cn2C. The topological polar surface area (TPSA) is 4.93 Å². The molecule has 3 aromatic rings. The van der Waals surface area contributed by atoms with Crippen molar-refractivity contribution in [3.8, 4) is 0 Å². The number of rotatable bonds is 3. The standard InChI is InChI=1S/C16H14FNS/c1-3-13-9-15-16(19-13)12(10-18(15)2)8-11-6-4-5-7-14(11)17/h3-7,9-10H,1,8H2,2H3. The van der Waals surface area contributed by atoms with Gasteiger partial charge >= 0.3 is 0 Å². The van der Waals surface area contributed by atoms with Crippen LogP contribution in [0.4, 0.5) is 4.39 Å². The van der Waals surface area contributed by atoms with Crippen LogP contribution in [-0.4, -0.2) is 4.57 Å². The second kappa shape index (κ2) is 4.67. The van der Waals surface area contributed by atoms with Crippen LogP contribution in [0.3, 0.4) is 0 Å². The summed E-state index contributed by atoms with van der Waals surface area (Å²) < 4.78 is 17.0. The normalized spacial score (nSPS) is 11.1. The maximum atomic E-state index is 13.7. The van der Waals surface area contributed by atoms with E-state index in [1.54, 1.807) is 17.4 Å². The third kappa shape index (κ3) is 2.10. The molecule has 0 spiro atoms. The second-order valence-corrected chi connectivity index (χ2v) is 5.68. The first-order chi connectivity index (χ1) is 9.19. The highest BCUT2D eigenvalue weighted by Gasteiger charge is 2.12. The van der Waals surface area contributed by atoms with Gasteiger partial charge in [-0.1, -0.05) is 30.9 Å². The summed E-state index contributed by atoms with van der Waals surface area (Å²) in [6.45, 7) is 3.80. The fourth-order valence-corrected chi connectivity index (χ4v) is 3.38. The Kier molecular flexibility index (Phi) is 2.99. The highest BCUT2D eigenvalue weighted by atomic mass is 32.1. The van der Waals surface area contributed by atoms with Crippen molar-refractivity contribution in [1.29, 1.82) is 0 Å². The predicted molar refractivity (Wildman–Crippen MR) is 80.1 cm³/mol. The van der Waals surface area contributed by atoms with Gasteiger partial charge in [0.05, 0.1) is 10.2 Å². The summed E-state index contributed by atoms with van der Waals surface area (Å²) in [7, 11) is 2.02. The Morgan fingerprint density at radius 1 is 1.32 bits per heavy atom. The number of hydrogen-bond acceptors (Lipinski definition) is 1. The Labute approximate surface area is 115 Å². The van der Waals surface area contributed by atoms with E-state index in [2.05, 4.69) is 23.4 Å². The quantitative estimate of drug-likeness (QED) is 0.655. The number of hydrogen-bond donors (Lipinski definition) is 0. The molecule has 0 N–H and O–H groups in total. The van der Waals surface area contributed by atoms with E-state index in [9.17, 15) is 4.39 Å². The molecule has 0 radical (unpaired) electrons. The van der Waals surface area contributed by atoms with Crippen molar-refractivity contribution in [2.45, 2.75) is 6.42 Å². The largest absolute Gasteiger partial charge is 0.350 e. The minimum atomic E-state index is -0.139. The molecule has 0 aliphatic rings. The van der Waals surface area contributed by atoms with Gasteiger partial charge in [-0.3, -0.25) is 0 Å². The minimum Gasteiger partial charge on any atom is -0.350 e. The van der Waals surface area contributed by atoms with Gasteiger partial charge in [-0.15, -0.1) is 11.3 Å². The zero-order chi connectivity index (χ0) is 13.4. The maximum absolute atomic E-state index is 13.7. The zero-order valence-electron chi connectivity index (χ0n) is 10.7. The van der Waals surface area contributed by atoms with E-state index in [1.165, 1.54) is 21.8 Å². The van der Waals surface area contributed by atoms with Gasteiger partial charge in [-0.2, -0.15) is 0 Å². The molecule has 0 atom stereocenters. The predicted octanol–water partition coefficient (Wildman–Crippen LogP) is 4.61. The summed E-state index contributed by atoms with van der Waals surface area (Å²) in [5.74, 6) is -0.139. The molecule has 0 fully saturated rings. The number of fused-ring (bicyclic) bond motifs is 1. The van der Waals surface area contributed by atoms with E-state index in [0.29, 0.717) is 6.42 Å². The zero-order valence-corrected chi connectivity index (χ0v) is 11.5. The van der Waals surface area contributed by atoms with Crippen LogP contribution in [-0.2, 0) is 13.5 Å². The highest BCUT2D eigenvalue weighted by molar-refractivity contribution is 7.20. The van der Waals surface area contributed by atoms with Crippen LogP contribution in [0.25, 0.3) is 16.3 Å². The van der Waals surface area contributed by atoms with Crippen LogP contribution in [0.1, 0.15) is 16.0 Å². The second-order valence-electron chi connectivity index (χ2n) is 4.60. The summed E-state index contributed by atoms with van der Waals surface area (Å²) in [6, 6.07) is 9.08. The lowest BCUT2D eigenvalue weighted by Crippen LogP contribution is -1.91. The number of aryl methyl sites for hydroxylation is 1. The molecule has 3 heteroatoms. The van der Waals surface area contributed by atoms with Crippen molar-refractivity contribution in [1.82, 2.24) is 4.57 Å². The molecule has 1 aromatic carbocycles. The summed E-state index contributed by atoms with van der Waals surface area (Å²) in [5.41, 5.74) is 3.09. The van der Waals surface area contributed by atoms with Gasteiger partial charge in [-0.25, -0.2) is 4.39 Å². The molecule has 19 heavy (non-hydrogen) atoms. The van der Waals surface area contributed by atoms with Crippen LogP contribution in [0.15, 0.2) is 43.1 Å². The van der Waals surface area contributed by atoms with E-state index in [0.717, 1.165) is 10.4 Å². The minimum absolute atomic E-state index is 0.139. The molecular weight excluding hydrogens is 257 g/mol. The van der Waals surface area contributed by atoms with Crippen molar-refractivity contribution in [3.05, 3.63) is 64.9 Å². The molecule has 3 rings (SSSR count). The van der Waals surface area contributed by atoms with Crippen LogP contribution < -0.4 is 0 Å². The molecule has 1 nitrogen and oxygen atoms in total. The molecule has 0 aliphatic carbocycles. The van der Waals surface area contributed by atoms with Gasteiger partial charge in [0.15, 0.2) is 0 Å². The molecule has 96 valence electrons. The molecule has 0 amide bonds. The van der Waals surface area contributed by atoms with E-state index in [-0.39, 0.29) is 5.82 Å². The lowest BCUT2D eigenvalue weighted by atomic mass is 10.1. The van der Waals surface area contributed by atoms with E-state index < -0.39 is 0 Å². The van der Waals surface area contributed by atoms with Crippen molar-refractivity contribution in [2.75, 3.05) is 0 Å². The first-order valence-electron chi connectivity index (χ1n) is 6.12. The van der Waals surface area contributed by atoms with Crippen LogP contribution in [0, 0.1) is 5.82 Å². The third-order valence-corrected chi connectivity index (χ3v) is 4.49. The average molecular weight is 271 g/mol. The van der Waals surface area contributed by atoms with Gasteiger partial charge in [0.1, 0.15) is 5.82 Å². The Morgan fingerprint density at radius 2 is 2.11 bits per heavy atom. The first-order valence-corrected chi connectivity index (χ1v) is 6.94. The van der Waals surface area contributed by atoms with Crippen molar-refractivity contribution >= 4 is 27.6 Å². The van der Waals surface area contributed by atoms with Gasteiger partial charge < -0.3 is 4.57 Å². The fourth-order valence-electron chi connectivity index (χ4n) is 2.33. The fraction of sp³-hybridized carbons (Fsp3) is 0.125. The Morgan fingerprint density at radius 3 is 2.84 bits per heavy atom. The molecule has 2 aromatic heterocycles. The lowest BCUT2D eigenvalue weighted by Gasteiger charge is -2.01. The summed E-state index contributed by atoms with van der Waals surface area (Å²) in [4.78, 5) is 1.15. The first kappa shape index (κ1) is 12.2. The van der Waals surface area contributed by atoms with E-state index in [4.69, 9.17) is 0 Å². The molecule has 0 aliphatic heterocycles. The summed E-state index contributed by atoms with van der Waals surface area (Å²) >= 11 is 1.71. The van der Waals surface area contributed by atoms with Crippen molar-refractivity contribution in [3.63, 3.8) is 0 Å². The monoisotopic (exact) mass is 271 g/mol.